The molecule has 0 spiro atoms. The highest BCUT2D eigenvalue weighted by Crippen LogP contribution is 2.18. The predicted octanol–water partition coefficient (Wildman–Crippen LogP) is 1.14. The van der Waals surface area contributed by atoms with Gasteiger partial charge in [0.25, 0.3) is 0 Å². The summed E-state index contributed by atoms with van der Waals surface area (Å²) in [5, 5.41) is 8.76. The van der Waals surface area contributed by atoms with Crippen LogP contribution in [-0.4, -0.2) is 41.8 Å². The molecule has 13 heavy (non-hydrogen) atoms. The van der Waals surface area contributed by atoms with Gasteiger partial charge in [0, 0.05) is 12.5 Å². The minimum atomic E-state index is -0.820. The van der Waals surface area contributed by atoms with E-state index in [0.717, 1.165) is 19.4 Å². The normalized spacial score (nSPS) is 27.1. The number of hydrogen-bond acceptors (Lipinski definition) is 2. The molecule has 0 aromatic rings. The number of carbonyl (C=O) groups is 1. The van der Waals surface area contributed by atoms with Crippen molar-refractivity contribution in [3.05, 3.63) is 0 Å². The van der Waals surface area contributed by atoms with Crippen molar-refractivity contribution in [1.82, 2.24) is 4.90 Å². The van der Waals surface area contributed by atoms with Crippen LogP contribution < -0.4 is 0 Å². The first-order chi connectivity index (χ1) is 6.15. The lowest BCUT2D eigenvalue weighted by atomic mass is 9.98. The molecule has 76 valence electrons. The molecule has 1 rings (SSSR count). The summed E-state index contributed by atoms with van der Waals surface area (Å²) in [5.74, 6) is -0.782. The minimum Gasteiger partial charge on any atom is -0.480 e. The molecule has 3 nitrogen and oxygen atoms in total. The summed E-state index contributed by atoms with van der Waals surface area (Å²) >= 11 is 0. The summed E-state index contributed by atoms with van der Waals surface area (Å²) in [6, 6.07) is -0.477. The van der Waals surface area contributed by atoms with E-state index in [4.69, 9.17) is 5.11 Å². The van der Waals surface area contributed by atoms with Crippen LogP contribution >= 0.6 is 0 Å². The van der Waals surface area contributed by atoms with Crippen molar-refractivity contribution >= 4 is 5.97 Å². The molecule has 1 N–H and O–H groups in total. The van der Waals surface area contributed by atoms with Crippen LogP contribution in [0.2, 0.25) is 0 Å². The topological polar surface area (TPSA) is 40.5 Å². The van der Waals surface area contributed by atoms with Crippen molar-refractivity contribution in [1.29, 1.82) is 0 Å². The van der Waals surface area contributed by atoms with Gasteiger partial charge in [0.1, 0.15) is 6.04 Å². The Balaban J connectivity index is 2.46. The Kier molecular flexibility index (Phi) is 3.66. The average Bonchev–Trinajstić information content (AvgIpc) is 2.16. The zero-order valence-corrected chi connectivity index (χ0v) is 7.87. The molecule has 1 aliphatic rings. The second-order valence-electron chi connectivity index (χ2n) is 3.67. The van der Waals surface area contributed by atoms with Gasteiger partial charge in [-0.05, 0) is 26.3 Å². The van der Waals surface area contributed by atoms with Crippen LogP contribution in [0.5, 0.6) is 0 Å². The molecule has 0 saturated carbocycles. The maximum absolute atomic E-state index is 12.3. The lowest BCUT2D eigenvalue weighted by molar-refractivity contribution is -0.143. The highest BCUT2D eigenvalue weighted by atomic mass is 19.1. The lowest BCUT2D eigenvalue weighted by Crippen LogP contribution is -2.45. The van der Waals surface area contributed by atoms with Gasteiger partial charge >= 0.3 is 5.97 Å². The summed E-state index contributed by atoms with van der Waals surface area (Å²) in [6.45, 7) is 2.69. The molecule has 0 unspecified atom stereocenters. The SMILES string of the molecule is C[C@@H](C(=O)O)N1CCC[C@H](CF)C1. The monoisotopic (exact) mass is 189 g/mol. The van der Waals surface area contributed by atoms with Gasteiger partial charge in [-0.15, -0.1) is 0 Å². The van der Waals surface area contributed by atoms with Crippen LogP contribution in [0.3, 0.4) is 0 Å². The molecule has 1 saturated heterocycles. The largest absolute Gasteiger partial charge is 0.480 e. The van der Waals surface area contributed by atoms with Crippen molar-refractivity contribution in [2.45, 2.75) is 25.8 Å². The number of nitrogens with zero attached hydrogens (tertiary/aromatic N) is 1. The highest BCUT2D eigenvalue weighted by molar-refractivity contribution is 5.72. The van der Waals surface area contributed by atoms with E-state index < -0.39 is 12.0 Å². The van der Waals surface area contributed by atoms with E-state index >= 15 is 0 Å². The fraction of sp³-hybridized carbons (Fsp3) is 0.889. The van der Waals surface area contributed by atoms with E-state index in [-0.39, 0.29) is 12.6 Å². The van der Waals surface area contributed by atoms with Crippen LogP contribution in [-0.2, 0) is 4.79 Å². The zero-order chi connectivity index (χ0) is 9.84. The summed E-state index contributed by atoms with van der Waals surface area (Å²) in [7, 11) is 0. The Morgan fingerprint density at radius 1 is 1.77 bits per heavy atom. The molecule has 4 heteroatoms. The lowest BCUT2D eigenvalue weighted by Gasteiger charge is -2.33. The molecular weight excluding hydrogens is 173 g/mol. The molecule has 0 bridgehead atoms. The fourth-order valence-corrected chi connectivity index (χ4v) is 1.73. The number of likely N-dealkylation sites (tertiary alicyclic amines) is 1. The Labute approximate surface area is 77.5 Å². The third-order valence-electron chi connectivity index (χ3n) is 2.67. The summed E-state index contributed by atoms with van der Waals surface area (Å²) < 4.78 is 12.3. The van der Waals surface area contributed by atoms with Crippen molar-refractivity contribution < 1.29 is 14.3 Å². The fourth-order valence-electron chi connectivity index (χ4n) is 1.73. The van der Waals surface area contributed by atoms with Crippen molar-refractivity contribution in [2.75, 3.05) is 19.8 Å². The number of halogens is 1. The third kappa shape index (κ3) is 2.66. The Hall–Kier alpha value is -0.640. The first-order valence-electron chi connectivity index (χ1n) is 4.68. The first-order valence-corrected chi connectivity index (χ1v) is 4.68. The summed E-state index contributed by atoms with van der Waals surface area (Å²) in [5.41, 5.74) is 0. The minimum absolute atomic E-state index is 0.0375. The van der Waals surface area contributed by atoms with Gasteiger partial charge in [0.15, 0.2) is 0 Å². The van der Waals surface area contributed by atoms with Gasteiger partial charge in [-0.1, -0.05) is 0 Å². The quantitative estimate of drug-likeness (QED) is 0.723. The number of carboxylic acid groups (broad SMARTS) is 1. The maximum atomic E-state index is 12.3. The van der Waals surface area contributed by atoms with Gasteiger partial charge in [-0.2, -0.15) is 0 Å². The average molecular weight is 189 g/mol. The molecule has 0 aromatic carbocycles. The highest BCUT2D eigenvalue weighted by Gasteiger charge is 2.26. The van der Waals surface area contributed by atoms with Crippen molar-refractivity contribution in [2.24, 2.45) is 5.92 Å². The number of piperidine rings is 1. The van der Waals surface area contributed by atoms with Crippen LogP contribution in [0.25, 0.3) is 0 Å². The van der Waals surface area contributed by atoms with E-state index in [2.05, 4.69) is 0 Å². The van der Waals surface area contributed by atoms with E-state index in [9.17, 15) is 9.18 Å². The second-order valence-corrected chi connectivity index (χ2v) is 3.67. The number of hydrogen-bond donors (Lipinski definition) is 1. The molecule has 2 atom stereocenters. The molecule has 1 fully saturated rings. The molecule has 0 aromatic heterocycles. The van der Waals surface area contributed by atoms with E-state index in [1.807, 2.05) is 4.90 Å². The van der Waals surface area contributed by atoms with Crippen molar-refractivity contribution in [3.8, 4) is 0 Å². The van der Waals surface area contributed by atoms with Crippen molar-refractivity contribution in [3.63, 3.8) is 0 Å². The van der Waals surface area contributed by atoms with E-state index in [1.54, 1.807) is 6.92 Å². The van der Waals surface area contributed by atoms with Crippen LogP contribution in [0.15, 0.2) is 0 Å². The Bertz CT molecular complexity index is 186. The Morgan fingerprint density at radius 3 is 3.00 bits per heavy atom. The molecule has 1 heterocycles. The molecular formula is C9H16FNO2. The number of alkyl halides is 1. The maximum Gasteiger partial charge on any atom is 0.320 e. The van der Waals surface area contributed by atoms with Gasteiger partial charge in [-0.25, -0.2) is 0 Å². The van der Waals surface area contributed by atoms with Crippen LogP contribution in [0.1, 0.15) is 19.8 Å². The van der Waals surface area contributed by atoms with E-state index in [1.165, 1.54) is 0 Å². The second kappa shape index (κ2) is 4.56. The predicted molar refractivity (Wildman–Crippen MR) is 47.4 cm³/mol. The molecule has 1 aliphatic heterocycles. The smallest absolute Gasteiger partial charge is 0.320 e. The standard InChI is InChI=1S/C9H16FNO2/c1-7(9(12)13)11-4-2-3-8(5-10)6-11/h7-8H,2-6H2,1H3,(H,12,13)/t7-,8+/m0/s1. The Morgan fingerprint density at radius 2 is 2.46 bits per heavy atom. The molecule has 0 radical (unpaired) electrons. The molecule has 0 aliphatic carbocycles. The zero-order valence-electron chi connectivity index (χ0n) is 7.87. The third-order valence-corrected chi connectivity index (χ3v) is 2.67. The van der Waals surface area contributed by atoms with Gasteiger partial charge in [0.2, 0.25) is 0 Å². The number of rotatable bonds is 3. The van der Waals surface area contributed by atoms with Crippen LogP contribution in [0.4, 0.5) is 4.39 Å². The summed E-state index contributed by atoms with van der Waals surface area (Å²) in [4.78, 5) is 12.5. The summed E-state index contributed by atoms with van der Waals surface area (Å²) in [6.07, 6.45) is 1.80. The van der Waals surface area contributed by atoms with Gasteiger partial charge < -0.3 is 5.11 Å². The molecule has 0 amide bonds. The number of carboxylic acids is 1. The van der Waals surface area contributed by atoms with Gasteiger partial charge in [-0.3, -0.25) is 14.1 Å². The van der Waals surface area contributed by atoms with Gasteiger partial charge in [0.05, 0.1) is 6.67 Å². The number of aliphatic carboxylic acids is 1. The van der Waals surface area contributed by atoms with E-state index in [0.29, 0.717) is 6.54 Å². The van der Waals surface area contributed by atoms with Crippen LogP contribution in [0, 0.1) is 5.92 Å². The first kappa shape index (κ1) is 10.4.